The van der Waals surface area contributed by atoms with Gasteiger partial charge in [0.25, 0.3) is 0 Å². The van der Waals surface area contributed by atoms with Gasteiger partial charge in [0.15, 0.2) is 0 Å². The average molecular weight is 275 g/mol. The topological polar surface area (TPSA) is 67.6 Å². The van der Waals surface area contributed by atoms with E-state index in [1.807, 2.05) is 29.2 Å². The van der Waals surface area contributed by atoms with E-state index in [0.717, 1.165) is 37.1 Å². The van der Waals surface area contributed by atoms with E-state index in [9.17, 15) is 4.79 Å². The highest BCUT2D eigenvalue weighted by atomic mass is 16.5. The van der Waals surface area contributed by atoms with Crippen molar-refractivity contribution in [2.45, 2.75) is 37.9 Å². The number of rotatable bonds is 4. The lowest BCUT2D eigenvalue weighted by Gasteiger charge is -2.25. The highest BCUT2D eigenvalue weighted by Crippen LogP contribution is 2.32. The number of carbonyl (C=O) groups is 1. The van der Waals surface area contributed by atoms with Gasteiger partial charge in [0.1, 0.15) is 0 Å². The van der Waals surface area contributed by atoms with Gasteiger partial charge in [0.05, 0.1) is 12.6 Å². The van der Waals surface area contributed by atoms with E-state index in [0.29, 0.717) is 19.2 Å². The van der Waals surface area contributed by atoms with Crippen LogP contribution in [0.1, 0.15) is 24.8 Å². The van der Waals surface area contributed by atoms with Gasteiger partial charge >= 0.3 is 6.03 Å². The fraction of sp³-hybridized carbons (Fsp3) is 0.533. The monoisotopic (exact) mass is 275 g/mol. The van der Waals surface area contributed by atoms with Gasteiger partial charge in [-0.1, -0.05) is 12.1 Å². The quantitative estimate of drug-likeness (QED) is 0.877. The average Bonchev–Trinajstić information content (AvgIpc) is 3.16. The second-order valence-electron chi connectivity index (χ2n) is 5.48. The van der Waals surface area contributed by atoms with E-state index >= 15 is 0 Å². The number of nitrogens with two attached hydrogens (primary N) is 1. The third kappa shape index (κ3) is 2.94. The molecule has 5 nitrogen and oxygen atoms in total. The minimum Gasteiger partial charge on any atom is -0.379 e. The van der Waals surface area contributed by atoms with Crippen LogP contribution in [0.25, 0.3) is 0 Å². The molecule has 1 aromatic carbocycles. The molecule has 0 radical (unpaired) electrons. The van der Waals surface area contributed by atoms with Crippen molar-refractivity contribution < 1.29 is 9.53 Å². The minimum absolute atomic E-state index is 0.0106. The number of ether oxygens (including phenoxy) is 1. The molecule has 2 amide bonds. The van der Waals surface area contributed by atoms with Crippen LogP contribution in [0, 0.1) is 0 Å². The maximum Gasteiger partial charge on any atom is 0.322 e. The van der Waals surface area contributed by atoms with E-state index in [4.69, 9.17) is 10.5 Å². The number of nitrogens with zero attached hydrogens (tertiary/aromatic N) is 1. The Bertz CT molecular complexity index is 465. The third-order valence-corrected chi connectivity index (χ3v) is 3.84. The Morgan fingerprint density at radius 3 is 2.60 bits per heavy atom. The van der Waals surface area contributed by atoms with E-state index in [-0.39, 0.29) is 12.1 Å². The molecule has 1 aliphatic heterocycles. The Morgan fingerprint density at radius 2 is 2.05 bits per heavy atom. The predicted molar refractivity (Wildman–Crippen MR) is 77.6 cm³/mol. The third-order valence-electron chi connectivity index (χ3n) is 3.84. The lowest BCUT2D eigenvalue weighted by molar-refractivity contribution is 0.189. The van der Waals surface area contributed by atoms with Crippen LogP contribution in [0.3, 0.4) is 0 Å². The molecule has 1 saturated heterocycles. The Balaban J connectivity index is 1.72. The molecular formula is C15H21N3O2. The summed E-state index contributed by atoms with van der Waals surface area (Å²) < 4.78 is 5.30. The molecule has 3 N–H and O–H groups in total. The van der Waals surface area contributed by atoms with Crippen LogP contribution >= 0.6 is 0 Å². The molecule has 0 bridgehead atoms. The zero-order chi connectivity index (χ0) is 13.9. The van der Waals surface area contributed by atoms with Crippen molar-refractivity contribution in [3.05, 3.63) is 29.8 Å². The molecule has 20 heavy (non-hydrogen) atoms. The smallest absolute Gasteiger partial charge is 0.322 e. The van der Waals surface area contributed by atoms with Gasteiger partial charge in [0, 0.05) is 24.9 Å². The second kappa shape index (κ2) is 5.81. The molecule has 1 unspecified atom stereocenters. The summed E-state index contributed by atoms with van der Waals surface area (Å²) in [5, 5.41) is 3.06. The molecule has 108 valence electrons. The maximum atomic E-state index is 12.5. The first-order valence-corrected chi connectivity index (χ1v) is 7.24. The Morgan fingerprint density at radius 1 is 1.30 bits per heavy atom. The van der Waals surface area contributed by atoms with Gasteiger partial charge < -0.3 is 15.8 Å². The Kier molecular flexibility index (Phi) is 3.89. The number of nitrogens with one attached hydrogen (secondary N) is 1. The van der Waals surface area contributed by atoms with Gasteiger partial charge in [0.2, 0.25) is 0 Å². The largest absolute Gasteiger partial charge is 0.379 e. The fourth-order valence-electron chi connectivity index (χ4n) is 2.51. The summed E-state index contributed by atoms with van der Waals surface area (Å²) >= 11 is 0. The zero-order valence-electron chi connectivity index (χ0n) is 11.5. The van der Waals surface area contributed by atoms with E-state index < -0.39 is 0 Å². The molecule has 1 aromatic rings. The molecular weight excluding hydrogens is 254 g/mol. The lowest BCUT2D eigenvalue weighted by atomic mass is 10.2. The summed E-state index contributed by atoms with van der Waals surface area (Å²) in [5.41, 5.74) is 7.63. The molecule has 2 fully saturated rings. The highest BCUT2D eigenvalue weighted by Gasteiger charge is 2.34. The SMILES string of the molecule is NCc1ccc(N(C(=O)NC2CCOC2)C2CC2)cc1. The lowest BCUT2D eigenvalue weighted by Crippen LogP contribution is -2.46. The van der Waals surface area contributed by atoms with Crippen LogP contribution in [0.4, 0.5) is 10.5 Å². The molecule has 1 heterocycles. The van der Waals surface area contributed by atoms with Crippen molar-refractivity contribution in [2.24, 2.45) is 5.73 Å². The van der Waals surface area contributed by atoms with Crippen molar-refractivity contribution in [1.82, 2.24) is 5.32 Å². The molecule has 0 aromatic heterocycles. The molecule has 2 aliphatic rings. The van der Waals surface area contributed by atoms with Crippen LogP contribution < -0.4 is 16.0 Å². The first-order valence-electron chi connectivity index (χ1n) is 7.24. The molecule has 1 aliphatic carbocycles. The van der Waals surface area contributed by atoms with Crippen LogP contribution in [0.5, 0.6) is 0 Å². The highest BCUT2D eigenvalue weighted by molar-refractivity contribution is 5.93. The summed E-state index contributed by atoms with van der Waals surface area (Å²) in [4.78, 5) is 14.3. The number of hydrogen-bond donors (Lipinski definition) is 2. The summed E-state index contributed by atoms with van der Waals surface area (Å²) in [6.07, 6.45) is 3.05. The summed E-state index contributed by atoms with van der Waals surface area (Å²) in [7, 11) is 0. The van der Waals surface area contributed by atoms with Crippen molar-refractivity contribution in [2.75, 3.05) is 18.1 Å². The number of hydrogen-bond acceptors (Lipinski definition) is 3. The van der Waals surface area contributed by atoms with Gasteiger partial charge in [-0.05, 0) is 37.0 Å². The van der Waals surface area contributed by atoms with Crippen LogP contribution in [0.15, 0.2) is 24.3 Å². The maximum absolute atomic E-state index is 12.5. The van der Waals surface area contributed by atoms with Crippen molar-refractivity contribution in [3.8, 4) is 0 Å². The first kappa shape index (κ1) is 13.4. The van der Waals surface area contributed by atoms with Crippen molar-refractivity contribution in [3.63, 3.8) is 0 Å². The number of benzene rings is 1. The standard InChI is InChI=1S/C15H21N3O2/c16-9-11-1-3-13(4-2-11)18(14-5-6-14)15(19)17-12-7-8-20-10-12/h1-4,12,14H,5-10,16H2,(H,17,19). The molecule has 1 atom stereocenters. The normalized spacial score (nSPS) is 21.8. The fourth-order valence-corrected chi connectivity index (χ4v) is 2.51. The second-order valence-corrected chi connectivity index (χ2v) is 5.48. The molecule has 0 spiro atoms. The van der Waals surface area contributed by atoms with E-state index in [1.54, 1.807) is 0 Å². The first-order chi connectivity index (χ1) is 9.78. The number of carbonyl (C=O) groups excluding carboxylic acids is 1. The molecule has 5 heteroatoms. The summed E-state index contributed by atoms with van der Waals surface area (Å²) in [6.45, 7) is 1.88. The molecule has 3 rings (SSSR count). The minimum atomic E-state index is -0.0106. The zero-order valence-corrected chi connectivity index (χ0v) is 11.5. The van der Waals surface area contributed by atoms with Gasteiger partial charge in [-0.15, -0.1) is 0 Å². The Hall–Kier alpha value is -1.59. The van der Waals surface area contributed by atoms with E-state index in [1.165, 1.54) is 0 Å². The number of amides is 2. The van der Waals surface area contributed by atoms with E-state index in [2.05, 4.69) is 5.32 Å². The predicted octanol–water partition coefficient (Wildman–Crippen LogP) is 1.61. The van der Waals surface area contributed by atoms with Crippen molar-refractivity contribution >= 4 is 11.7 Å². The summed E-state index contributed by atoms with van der Waals surface area (Å²) in [6, 6.07) is 8.39. The summed E-state index contributed by atoms with van der Waals surface area (Å²) in [5.74, 6) is 0. The van der Waals surface area contributed by atoms with Crippen LogP contribution in [-0.4, -0.2) is 31.3 Å². The van der Waals surface area contributed by atoms with Gasteiger partial charge in [-0.2, -0.15) is 0 Å². The van der Waals surface area contributed by atoms with Crippen molar-refractivity contribution in [1.29, 1.82) is 0 Å². The number of anilines is 1. The Labute approximate surface area is 119 Å². The molecule has 1 saturated carbocycles. The van der Waals surface area contributed by atoms with Gasteiger partial charge in [-0.25, -0.2) is 4.79 Å². The van der Waals surface area contributed by atoms with Gasteiger partial charge in [-0.3, -0.25) is 4.90 Å². The van der Waals surface area contributed by atoms with Crippen LogP contribution in [-0.2, 0) is 11.3 Å². The number of urea groups is 1. The van der Waals surface area contributed by atoms with Crippen LogP contribution in [0.2, 0.25) is 0 Å².